The van der Waals surface area contributed by atoms with E-state index in [9.17, 15) is 13.2 Å². The van der Waals surface area contributed by atoms with Crippen molar-refractivity contribution in [1.82, 2.24) is 0 Å². The highest BCUT2D eigenvalue weighted by Gasteiger charge is 2.18. The van der Waals surface area contributed by atoms with Crippen LogP contribution in [0.4, 0.5) is 5.69 Å². The number of carbonyl (C=O) groups is 1. The number of carboxylic acids is 1. The first-order chi connectivity index (χ1) is 9.79. The van der Waals surface area contributed by atoms with Crippen LogP contribution in [-0.2, 0) is 10.0 Å². The second kappa shape index (κ2) is 6.17. The van der Waals surface area contributed by atoms with Gasteiger partial charge >= 0.3 is 5.97 Å². The van der Waals surface area contributed by atoms with Crippen molar-refractivity contribution in [2.75, 3.05) is 4.72 Å². The van der Waals surface area contributed by atoms with E-state index in [4.69, 9.17) is 5.11 Å². The van der Waals surface area contributed by atoms with Crippen molar-refractivity contribution < 1.29 is 18.3 Å². The van der Waals surface area contributed by atoms with Gasteiger partial charge in [-0.05, 0) is 52.3 Å². The molecule has 2 aromatic rings. The van der Waals surface area contributed by atoms with Crippen molar-refractivity contribution in [3.63, 3.8) is 0 Å². The molecule has 0 bridgehead atoms. The third-order valence-corrected chi connectivity index (χ3v) is 5.41. The predicted molar refractivity (Wildman–Crippen MR) is 86.1 cm³/mol. The summed E-state index contributed by atoms with van der Waals surface area (Å²) < 4.78 is 28.1. The Kier molecular flexibility index (Phi) is 4.70. The molecule has 0 radical (unpaired) electrons. The molecule has 2 rings (SSSR count). The number of aromatic carboxylic acids is 1. The first-order valence-electron chi connectivity index (χ1n) is 5.61. The molecule has 0 saturated heterocycles. The number of sulfonamides is 1. The number of hydrogen-bond donors (Lipinski definition) is 2. The largest absolute Gasteiger partial charge is 0.478 e. The Balaban J connectivity index is 2.40. The first kappa shape index (κ1) is 16.0. The van der Waals surface area contributed by atoms with Gasteiger partial charge in [-0.1, -0.05) is 22.0 Å². The second-order valence-electron chi connectivity index (χ2n) is 4.07. The highest BCUT2D eigenvalue weighted by Crippen LogP contribution is 2.27. The second-order valence-corrected chi connectivity index (χ2v) is 7.49. The minimum atomic E-state index is -3.83. The summed E-state index contributed by atoms with van der Waals surface area (Å²) in [5.41, 5.74) is 0.185. The molecule has 0 aliphatic carbocycles. The molecule has 0 atom stereocenters. The summed E-state index contributed by atoms with van der Waals surface area (Å²) in [7, 11) is -3.83. The molecule has 0 aliphatic heterocycles. The van der Waals surface area contributed by atoms with Gasteiger partial charge in [0.25, 0.3) is 10.0 Å². The topological polar surface area (TPSA) is 83.5 Å². The van der Waals surface area contributed by atoms with Crippen LogP contribution in [0.15, 0.2) is 56.3 Å². The molecule has 0 aromatic heterocycles. The zero-order valence-corrected chi connectivity index (χ0v) is 14.4. The normalized spacial score (nSPS) is 11.1. The van der Waals surface area contributed by atoms with Crippen LogP contribution in [0.2, 0.25) is 0 Å². The maximum Gasteiger partial charge on any atom is 0.335 e. The summed E-state index contributed by atoms with van der Waals surface area (Å²) in [6, 6.07) is 10.3. The van der Waals surface area contributed by atoms with Crippen LogP contribution in [0, 0.1) is 0 Å². The quantitative estimate of drug-likeness (QED) is 0.768. The zero-order chi connectivity index (χ0) is 15.6. The standard InChI is InChI=1S/C13H9Br2NO4S/c14-9-4-5-11(15)12(7-9)21(19,20)16-10-3-1-2-8(6-10)13(17)18/h1-7,16H,(H,17,18). The average molecular weight is 435 g/mol. The molecule has 21 heavy (non-hydrogen) atoms. The molecule has 110 valence electrons. The van der Waals surface area contributed by atoms with Crippen LogP contribution >= 0.6 is 31.9 Å². The number of rotatable bonds is 4. The van der Waals surface area contributed by atoms with E-state index in [1.54, 1.807) is 12.1 Å². The van der Waals surface area contributed by atoms with Crippen molar-refractivity contribution in [3.05, 3.63) is 57.0 Å². The lowest BCUT2D eigenvalue weighted by Crippen LogP contribution is -2.14. The van der Waals surface area contributed by atoms with Crippen LogP contribution in [-0.4, -0.2) is 19.5 Å². The molecule has 0 aliphatic rings. The zero-order valence-electron chi connectivity index (χ0n) is 10.4. The van der Waals surface area contributed by atoms with E-state index in [0.717, 1.165) is 0 Å². The number of anilines is 1. The maximum absolute atomic E-state index is 12.3. The molecule has 0 saturated carbocycles. The van der Waals surface area contributed by atoms with Crippen molar-refractivity contribution >= 4 is 53.5 Å². The number of halogens is 2. The van der Waals surface area contributed by atoms with Crippen molar-refractivity contribution in [2.24, 2.45) is 0 Å². The van der Waals surface area contributed by atoms with Crippen LogP contribution in [0.25, 0.3) is 0 Å². The van der Waals surface area contributed by atoms with Crippen LogP contribution in [0.5, 0.6) is 0 Å². The fourth-order valence-corrected chi connectivity index (χ4v) is 4.16. The van der Waals surface area contributed by atoms with E-state index in [2.05, 4.69) is 36.6 Å². The SMILES string of the molecule is O=C(O)c1cccc(NS(=O)(=O)c2cc(Br)ccc2Br)c1. The van der Waals surface area contributed by atoms with E-state index in [1.807, 2.05) is 0 Å². The van der Waals surface area contributed by atoms with Gasteiger partial charge in [-0.3, -0.25) is 4.72 Å². The molecule has 0 fully saturated rings. The van der Waals surface area contributed by atoms with Crippen molar-refractivity contribution in [1.29, 1.82) is 0 Å². The summed E-state index contributed by atoms with van der Waals surface area (Å²) in [6.07, 6.45) is 0. The third-order valence-electron chi connectivity index (χ3n) is 2.54. The Labute approximate surface area is 138 Å². The first-order valence-corrected chi connectivity index (χ1v) is 8.68. The molecule has 2 N–H and O–H groups in total. The molecule has 0 spiro atoms. The lowest BCUT2D eigenvalue weighted by Gasteiger charge is -2.10. The molecule has 5 nitrogen and oxygen atoms in total. The smallest absolute Gasteiger partial charge is 0.335 e. The van der Waals surface area contributed by atoms with Gasteiger partial charge in [-0.25, -0.2) is 13.2 Å². The third kappa shape index (κ3) is 3.84. The Hall–Kier alpha value is -1.38. The number of nitrogens with one attached hydrogen (secondary N) is 1. The Morgan fingerprint density at radius 1 is 1.10 bits per heavy atom. The van der Waals surface area contributed by atoms with Gasteiger partial charge in [0.05, 0.1) is 5.56 Å². The lowest BCUT2D eigenvalue weighted by molar-refractivity contribution is 0.0697. The summed E-state index contributed by atoms with van der Waals surface area (Å²) in [6.45, 7) is 0. The number of carboxylic acid groups (broad SMARTS) is 1. The van der Waals surface area contributed by atoms with Gasteiger partial charge in [-0.2, -0.15) is 0 Å². The molecule has 0 amide bonds. The van der Waals surface area contributed by atoms with Gasteiger partial charge < -0.3 is 5.11 Å². The van der Waals surface area contributed by atoms with Crippen LogP contribution in [0.1, 0.15) is 10.4 Å². The van der Waals surface area contributed by atoms with E-state index in [1.165, 1.54) is 30.3 Å². The minimum Gasteiger partial charge on any atom is -0.478 e. The predicted octanol–water partition coefficient (Wildman–Crippen LogP) is 3.71. The van der Waals surface area contributed by atoms with E-state index in [-0.39, 0.29) is 16.1 Å². The average Bonchev–Trinajstić information content (AvgIpc) is 2.41. The summed E-state index contributed by atoms with van der Waals surface area (Å²) in [5.74, 6) is -1.13. The van der Waals surface area contributed by atoms with E-state index in [0.29, 0.717) is 8.95 Å². The summed E-state index contributed by atoms with van der Waals surface area (Å²) >= 11 is 6.40. The van der Waals surface area contributed by atoms with Crippen molar-refractivity contribution in [3.8, 4) is 0 Å². The molecule has 8 heteroatoms. The van der Waals surface area contributed by atoms with Crippen LogP contribution < -0.4 is 4.72 Å². The maximum atomic E-state index is 12.3. The highest BCUT2D eigenvalue weighted by molar-refractivity contribution is 9.11. The van der Waals surface area contributed by atoms with E-state index >= 15 is 0 Å². The Morgan fingerprint density at radius 3 is 2.48 bits per heavy atom. The lowest BCUT2D eigenvalue weighted by atomic mass is 10.2. The Bertz CT molecular complexity index is 806. The molecule has 2 aromatic carbocycles. The highest BCUT2D eigenvalue weighted by atomic mass is 79.9. The fourth-order valence-electron chi connectivity index (χ4n) is 1.61. The van der Waals surface area contributed by atoms with Gasteiger partial charge in [0.1, 0.15) is 4.90 Å². The summed E-state index contributed by atoms with van der Waals surface area (Å²) in [4.78, 5) is 10.9. The molecule has 0 heterocycles. The molecular formula is C13H9Br2NO4S. The van der Waals surface area contributed by atoms with Gasteiger partial charge in [0.2, 0.25) is 0 Å². The number of benzene rings is 2. The summed E-state index contributed by atoms with van der Waals surface area (Å²) in [5, 5.41) is 8.91. The van der Waals surface area contributed by atoms with Gasteiger partial charge in [-0.15, -0.1) is 0 Å². The Morgan fingerprint density at radius 2 is 1.81 bits per heavy atom. The van der Waals surface area contributed by atoms with Gasteiger partial charge in [0.15, 0.2) is 0 Å². The monoisotopic (exact) mass is 433 g/mol. The molecular weight excluding hydrogens is 426 g/mol. The van der Waals surface area contributed by atoms with Crippen LogP contribution in [0.3, 0.4) is 0 Å². The molecule has 0 unspecified atom stereocenters. The minimum absolute atomic E-state index is 0.00325. The fraction of sp³-hybridized carbons (Fsp3) is 0. The van der Waals surface area contributed by atoms with Gasteiger partial charge in [0, 0.05) is 14.6 Å². The number of hydrogen-bond acceptors (Lipinski definition) is 3. The van der Waals surface area contributed by atoms with Crippen molar-refractivity contribution in [2.45, 2.75) is 4.90 Å². The van der Waals surface area contributed by atoms with E-state index < -0.39 is 16.0 Å².